The second-order valence-electron chi connectivity index (χ2n) is 33.9. The van der Waals surface area contributed by atoms with Gasteiger partial charge in [-0.05, 0) is 192 Å². The molecule has 2 N–H and O–H groups in total. The van der Waals surface area contributed by atoms with Crippen molar-refractivity contribution < 1.29 is 0 Å². The summed E-state index contributed by atoms with van der Waals surface area (Å²) in [6.45, 7) is 42.8. The predicted molar refractivity (Wildman–Crippen MR) is 422 cm³/mol. The summed E-state index contributed by atoms with van der Waals surface area (Å²) in [6.07, 6.45) is 10.5. The lowest BCUT2D eigenvalue weighted by Crippen LogP contribution is -2.33. The summed E-state index contributed by atoms with van der Waals surface area (Å²) >= 11 is 0. The van der Waals surface area contributed by atoms with Crippen LogP contribution in [0.4, 0.5) is 11.4 Å². The van der Waals surface area contributed by atoms with E-state index in [2.05, 4.69) is 255 Å². The first-order valence-corrected chi connectivity index (χ1v) is 35.3. The molecule has 0 unspecified atom stereocenters. The van der Waals surface area contributed by atoms with E-state index in [0.717, 1.165) is 108 Å². The zero-order chi connectivity index (χ0) is 73.1. The second kappa shape index (κ2) is 27.1. The van der Waals surface area contributed by atoms with Crippen LogP contribution in [0.1, 0.15) is 216 Å². The van der Waals surface area contributed by atoms with Crippen molar-refractivity contribution in [1.82, 2.24) is 19.9 Å². The number of aromatic amines is 2. The van der Waals surface area contributed by atoms with Gasteiger partial charge in [-0.3, -0.25) is 0 Å². The Morgan fingerprint density at radius 3 is 1.13 bits per heavy atom. The molecule has 0 aliphatic carbocycles. The zero-order valence-corrected chi connectivity index (χ0v) is 62.9. The van der Waals surface area contributed by atoms with Gasteiger partial charge in [0.25, 0.3) is 0 Å². The maximum atomic E-state index is 10.4. The van der Waals surface area contributed by atoms with E-state index >= 15 is 0 Å². The normalized spacial score (nSPS) is 13.5. The van der Waals surface area contributed by atoms with Crippen LogP contribution in [0.5, 0.6) is 0 Å². The van der Waals surface area contributed by atoms with E-state index in [0.29, 0.717) is 24.2 Å². The number of anilines is 2. The van der Waals surface area contributed by atoms with Gasteiger partial charge in [0.2, 0.25) is 0 Å². The summed E-state index contributed by atoms with van der Waals surface area (Å²) in [5, 5.41) is 41.4. The van der Waals surface area contributed by atoms with Crippen LogP contribution < -0.4 is 9.80 Å². The molecule has 0 amide bonds. The highest BCUT2D eigenvalue weighted by atomic mass is 15.1. The fraction of sp³-hybridized carbons (Fsp3) is 0.341. The molecule has 11 rings (SSSR count). The van der Waals surface area contributed by atoms with Crippen molar-refractivity contribution in [2.75, 3.05) is 37.0 Å². The Morgan fingerprint density at radius 2 is 0.772 bits per heavy atom. The van der Waals surface area contributed by atoms with E-state index in [1.54, 1.807) is 0 Å². The third-order valence-electron chi connectivity index (χ3n) is 20.0. The van der Waals surface area contributed by atoms with E-state index in [1.807, 2.05) is 91.8 Å². The maximum absolute atomic E-state index is 10.4. The Labute approximate surface area is 600 Å². The third-order valence-corrected chi connectivity index (χ3v) is 20.0. The number of rotatable bonds is 8. The Hall–Kier alpha value is -10.7. The molecular formula is C91H96N10. The largest absolute Gasteiger partial charge is 0.378 e. The van der Waals surface area contributed by atoms with Crippen molar-refractivity contribution in [3.8, 4) is 69.5 Å². The van der Waals surface area contributed by atoms with E-state index in [9.17, 15) is 21.0 Å². The molecule has 3 aliphatic heterocycles. The van der Waals surface area contributed by atoms with Crippen LogP contribution in [0.25, 0.3) is 85.3 Å². The van der Waals surface area contributed by atoms with E-state index < -0.39 is 0 Å². The van der Waals surface area contributed by atoms with Crippen molar-refractivity contribution in [2.45, 2.75) is 176 Å². The number of benzene rings is 5. The minimum absolute atomic E-state index is 0.0190. The Kier molecular flexibility index (Phi) is 19.2. The lowest BCUT2D eigenvalue weighted by molar-refractivity contribution is 0.506. The standard InChI is InChI=1S/C91H96N10/c1-86(2,3)64-43-59(44-65(49-64)87(4,5)6)83-75-33-31-73(96-75)82(58-39-41-101(42-40-58)71-28-24-57(25-29-71)81(63(54-94)55-95)72(62(52-92)53-93)30-23-56-21-26-70(27-22-56)100(19)20)74-32-34-76(97-74)84(60-45-66(88(7,8)9)50-67(46-60)89(10,11)12)78-36-38-80(99-78)85(79-37-35-77(83)98-79)61-47-68(90(13,14)15)51-69(48-61)91(16,17)18/h21-22,24-29,31-38,43-51,58,96,99H,39-42H2,1-20H3. The van der Waals surface area contributed by atoms with E-state index in [4.69, 9.17) is 9.97 Å². The topological polar surface area (TPSA) is 159 Å². The van der Waals surface area contributed by atoms with Gasteiger partial charge in [-0.25, -0.2) is 9.97 Å². The number of hydrogen-bond acceptors (Lipinski definition) is 8. The highest BCUT2D eigenvalue weighted by molar-refractivity contribution is 5.99. The van der Waals surface area contributed by atoms with Gasteiger partial charge in [-0.1, -0.05) is 203 Å². The number of nitriles is 4. The molecule has 0 atom stereocenters. The average molecular weight is 1330 g/mol. The summed E-state index contributed by atoms with van der Waals surface area (Å²) in [5.41, 5.74) is 24.2. The number of nitrogens with zero attached hydrogens (tertiary/aromatic N) is 8. The smallest absolute Gasteiger partial charge is 0.145 e. The maximum Gasteiger partial charge on any atom is 0.145 e. The van der Waals surface area contributed by atoms with Crippen LogP contribution in [-0.2, 0) is 32.5 Å². The second-order valence-corrected chi connectivity index (χ2v) is 33.9. The van der Waals surface area contributed by atoms with Crippen LogP contribution in [-0.4, -0.2) is 47.1 Å². The van der Waals surface area contributed by atoms with Gasteiger partial charge in [-0.15, -0.1) is 0 Å². The summed E-state index contributed by atoms with van der Waals surface area (Å²) in [7, 11) is 3.90. The van der Waals surface area contributed by atoms with Crippen LogP contribution in [0.3, 0.4) is 0 Å². The average Bonchev–Trinajstić information content (AvgIpc) is 1.57. The molecule has 0 saturated carbocycles. The molecule has 0 spiro atoms. The van der Waals surface area contributed by atoms with Crippen molar-refractivity contribution in [2.24, 2.45) is 0 Å². The molecule has 8 aromatic rings. The summed E-state index contributed by atoms with van der Waals surface area (Å²) in [6, 6.07) is 53.8. The first-order chi connectivity index (χ1) is 47.4. The lowest BCUT2D eigenvalue weighted by Gasteiger charge is -2.34. The Balaban J connectivity index is 1.14. The Morgan fingerprint density at radius 1 is 0.426 bits per heavy atom. The van der Waals surface area contributed by atoms with Crippen LogP contribution in [0.15, 0.2) is 144 Å². The number of allylic oxidation sites excluding steroid dienone is 4. The SMILES string of the molecule is CN(C)c1ccc(C#CC(=C(C#N)C#N)C(=C(C#N)C#N)c2ccc(N3CCC(c4c5nc(c(-c6cc(C(C)(C)C)cc(C(C)(C)C)c6)c6ccc([nH]6)c(-c6cc(C(C)(C)C)cc(C(C)(C)C)c6)c6nc(c(-c7cc(C(C)(C)C)cc(C(C)(C)C)c7)c7ccc4[nH]7)C=C6)C=C5)CC3)cc2)cc1. The molecule has 3 aromatic heterocycles. The first kappa shape index (κ1) is 71.6. The molecule has 6 heterocycles. The number of hydrogen-bond donors (Lipinski definition) is 2. The molecule has 10 nitrogen and oxygen atoms in total. The molecule has 0 radical (unpaired) electrons. The van der Waals surface area contributed by atoms with Crippen molar-refractivity contribution >= 4 is 63.3 Å². The van der Waals surface area contributed by atoms with Crippen molar-refractivity contribution in [3.05, 3.63) is 217 Å². The monoisotopic (exact) mass is 1330 g/mol. The number of fused-ring (bicyclic) bond motifs is 8. The highest BCUT2D eigenvalue weighted by Crippen LogP contribution is 2.45. The molecule has 1 saturated heterocycles. The van der Waals surface area contributed by atoms with E-state index in [-0.39, 0.29) is 60.7 Å². The van der Waals surface area contributed by atoms with Gasteiger partial charge >= 0.3 is 0 Å². The lowest BCUT2D eigenvalue weighted by atomic mass is 9.78. The van der Waals surface area contributed by atoms with Gasteiger partial charge in [0, 0.05) is 94.0 Å². The fourth-order valence-corrected chi connectivity index (χ4v) is 13.7. The van der Waals surface area contributed by atoms with Crippen molar-refractivity contribution in [3.63, 3.8) is 0 Å². The molecule has 5 aromatic carbocycles. The summed E-state index contributed by atoms with van der Waals surface area (Å²) in [4.78, 5) is 24.3. The molecule has 8 bridgehead atoms. The zero-order valence-electron chi connectivity index (χ0n) is 62.9. The number of H-pyrrole nitrogens is 2. The van der Waals surface area contributed by atoms with Gasteiger partial charge in [0.1, 0.15) is 35.4 Å². The molecule has 510 valence electrons. The highest BCUT2D eigenvalue weighted by Gasteiger charge is 2.31. The predicted octanol–water partition coefficient (Wildman–Crippen LogP) is 22.1. The minimum atomic E-state index is -0.291. The molecule has 101 heavy (non-hydrogen) atoms. The quantitative estimate of drug-likeness (QED) is 0.0864. The van der Waals surface area contributed by atoms with Crippen LogP contribution in [0, 0.1) is 57.2 Å². The van der Waals surface area contributed by atoms with Gasteiger partial charge in [-0.2, -0.15) is 21.0 Å². The molecule has 10 heteroatoms. The van der Waals surface area contributed by atoms with E-state index in [1.165, 1.54) is 33.4 Å². The molecular weight excluding hydrogens is 1230 g/mol. The molecule has 3 aliphatic rings. The minimum Gasteiger partial charge on any atom is -0.378 e. The Bertz CT molecular complexity index is 4970. The van der Waals surface area contributed by atoms with Crippen molar-refractivity contribution in [1.29, 1.82) is 21.0 Å². The molecule has 1 fully saturated rings. The van der Waals surface area contributed by atoms with Gasteiger partial charge in [0.05, 0.1) is 28.3 Å². The van der Waals surface area contributed by atoms with Crippen LogP contribution in [0.2, 0.25) is 0 Å². The third kappa shape index (κ3) is 15.1. The number of aromatic nitrogens is 4. The van der Waals surface area contributed by atoms with Gasteiger partial charge in [0.15, 0.2) is 0 Å². The number of nitrogens with one attached hydrogen (secondary N) is 2. The van der Waals surface area contributed by atoms with Crippen LogP contribution >= 0.6 is 0 Å². The first-order valence-electron chi connectivity index (χ1n) is 35.3. The number of piperidine rings is 1. The summed E-state index contributed by atoms with van der Waals surface area (Å²) < 4.78 is 0. The van der Waals surface area contributed by atoms with Gasteiger partial charge < -0.3 is 19.8 Å². The summed E-state index contributed by atoms with van der Waals surface area (Å²) in [5.74, 6) is 6.20. The fourth-order valence-electron chi connectivity index (χ4n) is 13.7.